The smallest absolute Gasteiger partial charge is 0.227 e. The molecule has 2 aromatic heterocycles. The molecule has 0 spiro atoms. The van der Waals surface area contributed by atoms with Crippen LogP contribution in [-0.2, 0) is 0 Å². The molecule has 7 heteroatoms. The van der Waals surface area contributed by atoms with Crippen LogP contribution in [0.3, 0.4) is 0 Å². The van der Waals surface area contributed by atoms with Crippen molar-refractivity contribution in [3.63, 3.8) is 0 Å². The Morgan fingerprint density at radius 3 is 2.87 bits per heavy atom. The minimum Gasteiger partial charge on any atom is -0.491 e. The van der Waals surface area contributed by atoms with Crippen LogP contribution in [0.4, 0.5) is 11.6 Å². The van der Waals surface area contributed by atoms with E-state index in [9.17, 15) is 0 Å². The van der Waals surface area contributed by atoms with E-state index >= 15 is 0 Å². The van der Waals surface area contributed by atoms with Gasteiger partial charge in [-0.1, -0.05) is 24.3 Å². The van der Waals surface area contributed by atoms with Crippen molar-refractivity contribution < 1.29 is 9.47 Å². The lowest BCUT2D eigenvalue weighted by Crippen LogP contribution is -2.02. The first-order valence-corrected chi connectivity index (χ1v) is 10.0. The van der Waals surface area contributed by atoms with E-state index in [4.69, 9.17) is 14.5 Å². The molecule has 5 rings (SSSR count). The molecular formula is C23H21N5O2. The van der Waals surface area contributed by atoms with Crippen molar-refractivity contribution in [3.05, 3.63) is 61.1 Å². The molecule has 3 heterocycles. The van der Waals surface area contributed by atoms with Gasteiger partial charge in [0, 0.05) is 17.3 Å². The molecule has 7 nitrogen and oxygen atoms in total. The van der Waals surface area contributed by atoms with E-state index < -0.39 is 0 Å². The molecule has 0 saturated heterocycles. The zero-order chi connectivity index (χ0) is 20.2. The van der Waals surface area contributed by atoms with E-state index in [0.29, 0.717) is 25.0 Å². The van der Waals surface area contributed by atoms with E-state index in [0.717, 1.165) is 52.5 Å². The number of para-hydroxylation sites is 1. The molecule has 0 amide bonds. The van der Waals surface area contributed by atoms with Crippen LogP contribution >= 0.6 is 0 Å². The van der Waals surface area contributed by atoms with Gasteiger partial charge in [-0.15, -0.1) is 0 Å². The van der Waals surface area contributed by atoms with Crippen molar-refractivity contribution in [2.45, 2.75) is 19.3 Å². The van der Waals surface area contributed by atoms with Crippen molar-refractivity contribution >= 4 is 33.4 Å². The second kappa shape index (κ2) is 8.32. The molecule has 0 atom stereocenters. The van der Waals surface area contributed by atoms with Crippen molar-refractivity contribution in [2.75, 3.05) is 18.5 Å². The highest BCUT2D eigenvalue weighted by Gasteiger charge is 2.09. The Hall–Kier alpha value is -3.74. The van der Waals surface area contributed by atoms with E-state index in [1.807, 2.05) is 36.4 Å². The van der Waals surface area contributed by atoms with Crippen LogP contribution < -0.4 is 14.8 Å². The number of aromatic nitrogens is 4. The summed E-state index contributed by atoms with van der Waals surface area (Å²) in [6.07, 6.45) is 10.3. The third-order valence-electron chi connectivity index (χ3n) is 4.89. The van der Waals surface area contributed by atoms with Gasteiger partial charge in [-0.3, -0.25) is 0 Å². The van der Waals surface area contributed by atoms with Crippen LogP contribution in [0.1, 0.15) is 19.3 Å². The van der Waals surface area contributed by atoms with Gasteiger partial charge in [0.2, 0.25) is 11.8 Å². The summed E-state index contributed by atoms with van der Waals surface area (Å²) in [6, 6.07) is 11.7. The maximum atomic E-state index is 6.01. The highest BCUT2D eigenvalue weighted by atomic mass is 16.5. The van der Waals surface area contributed by atoms with Crippen LogP contribution in [0.15, 0.2) is 61.1 Å². The van der Waals surface area contributed by atoms with Gasteiger partial charge in [-0.05, 0) is 43.5 Å². The maximum Gasteiger partial charge on any atom is 0.227 e. The number of allylic oxidation sites excluding steroid dienone is 1. The molecule has 0 unspecified atom stereocenters. The molecule has 150 valence electrons. The molecule has 1 N–H and O–H groups in total. The minimum absolute atomic E-state index is 0.501. The molecule has 0 saturated carbocycles. The van der Waals surface area contributed by atoms with Crippen LogP contribution in [0.5, 0.6) is 11.6 Å². The van der Waals surface area contributed by atoms with Gasteiger partial charge in [0.15, 0.2) is 0 Å². The predicted molar refractivity (Wildman–Crippen MR) is 116 cm³/mol. The fourth-order valence-corrected chi connectivity index (χ4v) is 3.40. The molecule has 4 aromatic rings. The summed E-state index contributed by atoms with van der Waals surface area (Å²) in [7, 11) is 0. The number of fused-ring (bicyclic) bond motifs is 2. The third kappa shape index (κ3) is 3.87. The zero-order valence-electron chi connectivity index (χ0n) is 16.4. The lowest BCUT2D eigenvalue weighted by molar-refractivity contribution is 0.313. The van der Waals surface area contributed by atoms with Crippen LogP contribution in [-0.4, -0.2) is 33.1 Å². The number of nitrogens with one attached hydrogen (secondary N) is 1. The highest BCUT2D eigenvalue weighted by molar-refractivity contribution is 5.88. The Balaban J connectivity index is 1.56. The Labute approximate surface area is 173 Å². The van der Waals surface area contributed by atoms with Crippen molar-refractivity contribution in [1.29, 1.82) is 0 Å². The average Bonchev–Trinajstić information content (AvgIpc) is 2.78. The zero-order valence-corrected chi connectivity index (χ0v) is 16.4. The topological polar surface area (TPSA) is 82.1 Å². The average molecular weight is 399 g/mol. The second-order valence-corrected chi connectivity index (χ2v) is 7.02. The van der Waals surface area contributed by atoms with Crippen molar-refractivity contribution in [2.24, 2.45) is 0 Å². The lowest BCUT2D eigenvalue weighted by Gasteiger charge is -2.11. The SMILES string of the molecule is C1=CCCOc2ncnc3ccc(cc23)Nc2ncc3cccc(c3n2)OCCC1. The molecular weight excluding hydrogens is 378 g/mol. The summed E-state index contributed by atoms with van der Waals surface area (Å²) in [5.74, 6) is 1.85. The Bertz CT molecular complexity index is 1220. The number of hydrogen-bond donors (Lipinski definition) is 1. The number of nitrogens with zero attached hydrogens (tertiary/aromatic N) is 4. The highest BCUT2D eigenvalue weighted by Crippen LogP contribution is 2.28. The fourth-order valence-electron chi connectivity index (χ4n) is 3.40. The summed E-state index contributed by atoms with van der Waals surface area (Å²) < 4.78 is 11.9. The van der Waals surface area contributed by atoms with Gasteiger partial charge in [0.05, 0.1) is 24.1 Å². The molecule has 2 aromatic carbocycles. The van der Waals surface area contributed by atoms with E-state index in [1.54, 1.807) is 6.20 Å². The van der Waals surface area contributed by atoms with E-state index in [1.165, 1.54) is 6.33 Å². The largest absolute Gasteiger partial charge is 0.491 e. The lowest BCUT2D eigenvalue weighted by atomic mass is 10.2. The van der Waals surface area contributed by atoms with Gasteiger partial charge in [-0.2, -0.15) is 0 Å². The van der Waals surface area contributed by atoms with Gasteiger partial charge in [-0.25, -0.2) is 19.9 Å². The van der Waals surface area contributed by atoms with Gasteiger partial charge >= 0.3 is 0 Å². The summed E-state index contributed by atoms with van der Waals surface area (Å²) in [5.41, 5.74) is 2.45. The number of benzene rings is 2. The first-order chi connectivity index (χ1) is 14.9. The Kier molecular flexibility index (Phi) is 5.08. The number of hydrogen-bond acceptors (Lipinski definition) is 7. The molecule has 1 aliphatic rings. The summed E-state index contributed by atoms with van der Waals surface area (Å²) in [6.45, 7) is 1.19. The van der Waals surface area contributed by atoms with Crippen LogP contribution in [0, 0.1) is 0 Å². The molecule has 4 bridgehead atoms. The third-order valence-corrected chi connectivity index (χ3v) is 4.89. The van der Waals surface area contributed by atoms with Crippen LogP contribution in [0.2, 0.25) is 0 Å². The van der Waals surface area contributed by atoms with Gasteiger partial charge < -0.3 is 14.8 Å². The van der Waals surface area contributed by atoms with E-state index in [-0.39, 0.29) is 0 Å². The monoisotopic (exact) mass is 399 g/mol. The van der Waals surface area contributed by atoms with Gasteiger partial charge in [0.25, 0.3) is 0 Å². The predicted octanol–water partition coefficient (Wildman–Crippen LogP) is 4.81. The maximum absolute atomic E-state index is 6.01. The molecule has 0 fully saturated rings. The summed E-state index contributed by atoms with van der Waals surface area (Å²) >= 11 is 0. The molecule has 1 aliphatic heterocycles. The van der Waals surface area contributed by atoms with Gasteiger partial charge in [0.1, 0.15) is 17.6 Å². The van der Waals surface area contributed by atoms with Crippen molar-refractivity contribution in [3.8, 4) is 11.6 Å². The molecule has 0 aliphatic carbocycles. The number of ether oxygens (including phenoxy) is 2. The normalized spacial score (nSPS) is 14.7. The Morgan fingerprint density at radius 1 is 0.900 bits per heavy atom. The first kappa shape index (κ1) is 18.3. The van der Waals surface area contributed by atoms with E-state index in [2.05, 4.69) is 32.4 Å². The minimum atomic E-state index is 0.501. The summed E-state index contributed by atoms with van der Waals surface area (Å²) in [5, 5.41) is 5.06. The number of rotatable bonds is 0. The summed E-state index contributed by atoms with van der Waals surface area (Å²) in [4.78, 5) is 17.8. The second-order valence-electron chi connectivity index (χ2n) is 7.02. The van der Waals surface area contributed by atoms with Crippen molar-refractivity contribution in [1.82, 2.24) is 19.9 Å². The Morgan fingerprint density at radius 2 is 1.87 bits per heavy atom. The quantitative estimate of drug-likeness (QED) is 0.425. The molecule has 0 radical (unpaired) electrons. The number of anilines is 2. The first-order valence-electron chi connectivity index (χ1n) is 10.0. The standard InChI is InChI=1S/C23H21N5O2/c1-2-4-11-29-20-8-6-7-16-14-24-23(28-21(16)20)27-17-9-10-19-18(13-17)22(26-15-25-19)30-12-5-3-1/h1,3,6-10,13-15H,2,4-5,11-12H2,(H,24,27,28). The molecule has 30 heavy (non-hydrogen) atoms. The fraction of sp³-hybridized carbons (Fsp3) is 0.217. The van der Waals surface area contributed by atoms with Crippen LogP contribution in [0.25, 0.3) is 21.8 Å².